The lowest BCUT2D eigenvalue weighted by Crippen LogP contribution is -2.24. The number of hydrogen-bond donors (Lipinski definition) is 3. The molecule has 7 nitrogen and oxygen atoms in total. The Morgan fingerprint density at radius 1 is 1.03 bits per heavy atom. The molecular weight excluding hydrogens is 467 g/mol. The third-order valence-electron chi connectivity index (χ3n) is 5.66. The summed E-state index contributed by atoms with van der Waals surface area (Å²) in [4.78, 5) is 9.75. The number of aryl methyl sites for hydroxylation is 2. The van der Waals surface area contributed by atoms with E-state index >= 15 is 0 Å². The zero-order valence-electron chi connectivity index (χ0n) is 20.2. The van der Waals surface area contributed by atoms with Crippen molar-refractivity contribution < 1.29 is 8.91 Å². The van der Waals surface area contributed by atoms with Crippen molar-refractivity contribution in [2.75, 3.05) is 25.5 Å². The average molecular weight is 495 g/mol. The quantitative estimate of drug-likeness (QED) is 0.262. The standard InChI is InChI=1S/C26H28ClFN6O/c1-15-24(23-16(2)34-35-17(23)3)32-26(19-7-5-6-18(12-19)14-30-11-10-29-4)33-25(15)31-20-8-9-22(28)21(27)13-20/h5-9,12-13,29-30H,10-11,14H2,1-4H3,(H,31,32,33). The largest absolute Gasteiger partial charge is 0.361 e. The second-order valence-corrected chi connectivity index (χ2v) is 8.71. The lowest BCUT2D eigenvalue weighted by Gasteiger charge is -2.15. The van der Waals surface area contributed by atoms with Crippen LogP contribution in [0, 0.1) is 26.6 Å². The minimum absolute atomic E-state index is 0.0337. The molecule has 4 rings (SSSR count). The summed E-state index contributed by atoms with van der Waals surface area (Å²) in [7, 11) is 1.93. The number of halogens is 2. The number of aromatic nitrogens is 3. The van der Waals surface area contributed by atoms with Crippen LogP contribution in [0.5, 0.6) is 0 Å². The first-order valence-electron chi connectivity index (χ1n) is 11.4. The molecule has 0 radical (unpaired) electrons. The van der Waals surface area contributed by atoms with Crippen LogP contribution in [-0.4, -0.2) is 35.3 Å². The normalized spacial score (nSPS) is 11.1. The monoisotopic (exact) mass is 494 g/mol. The predicted octanol–water partition coefficient (Wildman–Crippen LogP) is 5.57. The number of nitrogens with zero attached hydrogens (tertiary/aromatic N) is 3. The number of benzene rings is 2. The zero-order chi connectivity index (χ0) is 24.9. The fourth-order valence-corrected chi connectivity index (χ4v) is 3.99. The van der Waals surface area contributed by atoms with Crippen molar-refractivity contribution in [2.24, 2.45) is 0 Å². The summed E-state index contributed by atoms with van der Waals surface area (Å²) in [5, 5.41) is 14.0. The molecule has 0 unspecified atom stereocenters. The summed E-state index contributed by atoms with van der Waals surface area (Å²) in [6.45, 7) is 8.17. The molecule has 0 spiro atoms. The SMILES string of the molecule is CNCCNCc1cccc(-c2nc(Nc3ccc(F)c(Cl)c3)c(C)c(-c3c(C)noc3C)n2)c1. The molecule has 0 fully saturated rings. The molecule has 182 valence electrons. The molecule has 2 heterocycles. The summed E-state index contributed by atoms with van der Waals surface area (Å²) in [5.74, 6) is 1.34. The van der Waals surface area contributed by atoms with Gasteiger partial charge in [0.2, 0.25) is 0 Å². The Labute approximate surface area is 209 Å². The van der Waals surface area contributed by atoms with Gasteiger partial charge in [-0.25, -0.2) is 14.4 Å². The van der Waals surface area contributed by atoms with Gasteiger partial charge in [0, 0.05) is 36.4 Å². The van der Waals surface area contributed by atoms with Crippen LogP contribution < -0.4 is 16.0 Å². The lowest BCUT2D eigenvalue weighted by molar-refractivity contribution is 0.393. The van der Waals surface area contributed by atoms with Crippen molar-refractivity contribution in [1.29, 1.82) is 0 Å². The van der Waals surface area contributed by atoms with E-state index < -0.39 is 5.82 Å². The number of hydrogen-bond acceptors (Lipinski definition) is 7. The van der Waals surface area contributed by atoms with Gasteiger partial charge in [-0.2, -0.15) is 0 Å². The highest BCUT2D eigenvalue weighted by Gasteiger charge is 2.20. The molecule has 0 aliphatic carbocycles. The van der Waals surface area contributed by atoms with E-state index in [2.05, 4.69) is 33.2 Å². The number of nitrogens with one attached hydrogen (secondary N) is 3. The van der Waals surface area contributed by atoms with Gasteiger partial charge in [-0.3, -0.25) is 0 Å². The maximum atomic E-state index is 13.7. The minimum Gasteiger partial charge on any atom is -0.361 e. The van der Waals surface area contributed by atoms with Crippen LogP contribution in [0.15, 0.2) is 47.0 Å². The summed E-state index contributed by atoms with van der Waals surface area (Å²) < 4.78 is 19.1. The molecule has 4 aromatic rings. The molecule has 35 heavy (non-hydrogen) atoms. The van der Waals surface area contributed by atoms with E-state index in [1.807, 2.05) is 40.0 Å². The van der Waals surface area contributed by atoms with Gasteiger partial charge in [-0.1, -0.05) is 35.0 Å². The molecule has 0 aliphatic heterocycles. The van der Waals surface area contributed by atoms with Gasteiger partial charge in [0.1, 0.15) is 17.4 Å². The summed E-state index contributed by atoms with van der Waals surface area (Å²) in [6.07, 6.45) is 0. The first kappa shape index (κ1) is 24.8. The highest BCUT2D eigenvalue weighted by Crippen LogP contribution is 2.34. The Kier molecular flexibility index (Phi) is 7.75. The summed E-state index contributed by atoms with van der Waals surface area (Å²) in [6, 6.07) is 12.6. The van der Waals surface area contributed by atoms with Gasteiger partial charge in [-0.15, -0.1) is 0 Å². The van der Waals surface area contributed by atoms with Crippen molar-refractivity contribution in [1.82, 2.24) is 25.8 Å². The Morgan fingerprint density at radius 2 is 1.86 bits per heavy atom. The van der Waals surface area contributed by atoms with Crippen molar-refractivity contribution >= 4 is 23.1 Å². The van der Waals surface area contributed by atoms with Crippen LogP contribution in [0.1, 0.15) is 22.6 Å². The van der Waals surface area contributed by atoms with E-state index in [1.54, 1.807) is 6.07 Å². The number of rotatable bonds is 9. The van der Waals surface area contributed by atoms with Crippen molar-refractivity contribution in [3.8, 4) is 22.6 Å². The van der Waals surface area contributed by atoms with Gasteiger partial charge in [0.25, 0.3) is 0 Å². The zero-order valence-corrected chi connectivity index (χ0v) is 20.9. The number of anilines is 2. The van der Waals surface area contributed by atoms with Crippen LogP contribution in [0.25, 0.3) is 22.6 Å². The van der Waals surface area contributed by atoms with Crippen LogP contribution in [0.2, 0.25) is 5.02 Å². The van der Waals surface area contributed by atoms with Crippen LogP contribution >= 0.6 is 11.6 Å². The smallest absolute Gasteiger partial charge is 0.162 e. The first-order valence-corrected chi connectivity index (χ1v) is 11.7. The van der Waals surface area contributed by atoms with Crippen LogP contribution in [0.4, 0.5) is 15.9 Å². The lowest BCUT2D eigenvalue weighted by atomic mass is 10.0. The summed E-state index contributed by atoms with van der Waals surface area (Å²) in [5.41, 5.74) is 5.74. The third-order valence-corrected chi connectivity index (χ3v) is 5.95. The van der Waals surface area contributed by atoms with Gasteiger partial charge >= 0.3 is 0 Å². The van der Waals surface area contributed by atoms with E-state index in [0.29, 0.717) is 23.1 Å². The second-order valence-electron chi connectivity index (χ2n) is 8.30. The molecule has 2 aromatic carbocycles. The van der Waals surface area contributed by atoms with E-state index in [4.69, 9.17) is 26.1 Å². The molecular formula is C26H28ClFN6O. The van der Waals surface area contributed by atoms with E-state index in [1.165, 1.54) is 12.1 Å². The summed E-state index contributed by atoms with van der Waals surface area (Å²) >= 11 is 6.00. The number of likely N-dealkylation sites (N-methyl/N-ethyl adjacent to an activating group) is 1. The van der Waals surface area contributed by atoms with Crippen molar-refractivity contribution in [3.63, 3.8) is 0 Å². The molecule has 0 aliphatic rings. The van der Waals surface area contributed by atoms with E-state index in [0.717, 1.165) is 53.3 Å². The highest BCUT2D eigenvalue weighted by atomic mass is 35.5. The van der Waals surface area contributed by atoms with Crippen LogP contribution in [0.3, 0.4) is 0 Å². The van der Waals surface area contributed by atoms with Gasteiger partial charge < -0.3 is 20.5 Å². The van der Waals surface area contributed by atoms with Gasteiger partial charge in [0.15, 0.2) is 5.82 Å². The molecule has 3 N–H and O–H groups in total. The topological polar surface area (TPSA) is 87.9 Å². The minimum atomic E-state index is -0.478. The molecule has 0 atom stereocenters. The Morgan fingerprint density at radius 3 is 2.57 bits per heavy atom. The maximum absolute atomic E-state index is 13.7. The molecule has 0 saturated carbocycles. The van der Waals surface area contributed by atoms with E-state index in [9.17, 15) is 4.39 Å². The Balaban J connectivity index is 1.78. The molecule has 9 heteroatoms. The predicted molar refractivity (Wildman–Crippen MR) is 138 cm³/mol. The fourth-order valence-electron chi connectivity index (χ4n) is 3.81. The average Bonchev–Trinajstić information content (AvgIpc) is 3.18. The van der Waals surface area contributed by atoms with Crippen molar-refractivity contribution in [2.45, 2.75) is 27.3 Å². The van der Waals surface area contributed by atoms with Gasteiger partial charge in [-0.05, 0) is 57.6 Å². The maximum Gasteiger partial charge on any atom is 0.162 e. The molecule has 0 saturated heterocycles. The first-order chi connectivity index (χ1) is 16.9. The Bertz CT molecular complexity index is 1320. The van der Waals surface area contributed by atoms with Crippen molar-refractivity contribution in [3.05, 3.63) is 75.9 Å². The Hall–Kier alpha value is -3.33. The van der Waals surface area contributed by atoms with Crippen LogP contribution in [-0.2, 0) is 6.54 Å². The highest BCUT2D eigenvalue weighted by molar-refractivity contribution is 6.31. The third kappa shape index (κ3) is 5.67. The molecule has 0 bridgehead atoms. The molecule has 0 amide bonds. The fraction of sp³-hybridized carbons (Fsp3) is 0.269. The van der Waals surface area contributed by atoms with E-state index in [-0.39, 0.29) is 5.02 Å². The second kappa shape index (κ2) is 10.9. The van der Waals surface area contributed by atoms with Gasteiger partial charge in [0.05, 0.1) is 22.0 Å². The molecule has 2 aromatic heterocycles.